The molecule has 230 valence electrons. The smallest absolute Gasteiger partial charge is 0.283 e. The minimum absolute atomic E-state index is 0.0905. The van der Waals surface area contributed by atoms with E-state index in [1.165, 1.54) is 4.31 Å². The number of hydrogen-bond acceptors (Lipinski definition) is 7. The van der Waals surface area contributed by atoms with Crippen molar-refractivity contribution in [3.8, 4) is 0 Å². The van der Waals surface area contributed by atoms with Crippen LogP contribution in [-0.4, -0.2) is 96.8 Å². The third-order valence-electron chi connectivity index (χ3n) is 7.81. The minimum Gasteiger partial charge on any atom is -0.379 e. The van der Waals surface area contributed by atoms with Crippen LogP contribution in [0.4, 0.5) is 5.69 Å². The summed E-state index contributed by atoms with van der Waals surface area (Å²) in [4.78, 5) is 6.17. The fourth-order valence-corrected chi connectivity index (χ4v) is 7.89. The van der Waals surface area contributed by atoms with E-state index in [1.54, 1.807) is 48.5 Å². The van der Waals surface area contributed by atoms with E-state index in [1.807, 2.05) is 62.0 Å². The summed E-state index contributed by atoms with van der Waals surface area (Å²) in [5.41, 5.74) is 3.58. The van der Waals surface area contributed by atoms with E-state index < -0.39 is 26.2 Å². The second-order valence-electron chi connectivity index (χ2n) is 11.2. The van der Waals surface area contributed by atoms with Crippen molar-refractivity contribution in [3.63, 3.8) is 0 Å². The van der Waals surface area contributed by atoms with Gasteiger partial charge in [-0.1, -0.05) is 47.5 Å². The van der Waals surface area contributed by atoms with Gasteiger partial charge < -0.3 is 14.5 Å². The molecule has 2 fully saturated rings. The van der Waals surface area contributed by atoms with Crippen LogP contribution < -0.4 is 4.90 Å². The van der Waals surface area contributed by atoms with Crippen molar-refractivity contribution < 1.29 is 21.6 Å². The number of ether oxygens (including phenoxy) is 1. The zero-order chi connectivity index (χ0) is 30.8. The zero-order valence-electron chi connectivity index (χ0n) is 25.0. The maximum atomic E-state index is 14.1. The molecule has 3 aromatic carbocycles. The lowest BCUT2D eigenvalue weighted by atomic mass is 10.1. The van der Waals surface area contributed by atoms with E-state index >= 15 is 0 Å². The molecular formula is C31H39N5O5S2. The number of nitrogens with zero attached hydrogens (tertiary/aromatic N) is 5. The Labute approximate surface area is 255 Å². The normalized spacial score (nSPS) is 19.1. The maximum absolute atomic E-state index is 14.1. The summed E-state index contributed by atoms with van der Waals surface area (Å²) in [6, 6.07) is 21.0. The average molecular weight is 626 g/mol. The molecule has 0 amide bonds. The molecule has 2 aliphatic heterocycles. The molecule has 2 saturated heterocycles. The third-order valence-corrected chi connectivity index (χ3v) is 11.0. The van der Waals surface area contributed by atoms with Gasteiger partial charge in [-0.25, -0.2) is 8.42 Å². The monoisotopic (exact) mass is 625 g/mol. The molecule has 0 unspecified atom stereocenters. The molecule has 2 heterocycles. The van der Waals surface area contributed by atoms with Crippen LogP contribution in [0.3, 0.4) is 0 Å². The van der Waals surface area contributed by atoms with Gasteiger partial charge in [0.05, 0.1) is 29.5 Å². The first-order valence-corrected chi connectivity index (χ1v) is 17.2. The van der Waals surface area contributed by atoms with E-state index in [4.69, 9.17) is 4.74 Å². The molecule has 0 N–H and O–H groups in total. The molecule has 10 nitrogen and oxygen atoms in total. The Kier molecular flexibility index (Phi) is 9.23. The number of benzene rings is 3. The van der Waals surface area contributed by atoms with Gasteiger partial charge in [0.15, 0.2) is 0 Å². The van der Waals surface area contributed by atoms with Crippen molar-refractivity contribution in [2.24, 2.45) is 4.40 Å². The lowest BCUT2D eigenvalue weighted by Gasteiger charge is -2.35. The average Bonchev–Trinajstić information content (AvgIpc) is 3.44. The molecule has 0 aliphatic carbocycles. The van der Waals surface area contributed by atoms with Crippen molar-refractivity contribution in [3.05, 3.63) is 89.5 Å². The SMILES string of the molecule is Cc1ccc(S(=O)(=O)N=C(CN2CCOCC2)N2CCN(S(=O)(=O)c3ccc(C)cc3)[C@@H]2c2ccc(N(C)C)cc2)cc1. The largest absolute Gasteiger partial charge is 0.379 e. The first kappa shape index (κ1) is 31.1. The Morgan fingerprint density at radius 1 is 0.791 bits per heavy atom. The highest BCUT2D eigenvalue weighted by atomic mass is 32.2. The van der Waals surface area contributed by atoms with Gasteiger partial charge in [0.1, 0.15) is 12.0 Å². The predicted molar refractivity (Wildman–Crippen MR) is 168 cm³/mol. The second-order valence-corrected chi connectivity index (χ2v) is 14.7. The molecule has 0 spiro atoms. The van der Waals surface area contributed by atoms with E-state index in [0.717, 1.165) is 22.4 Å². The predicted octanol–water partition coefficient (Wildman–Crippen LogP) is 3.49. The Hall–Kier alpha value is -3.29. The van der Waals surface area contributed by atoms with Gasteiger partial charge >= 0.3 is 0 Å². The Morgan fingerprint density at radius 2 is 1.35 bits per heavy atom. The summed E-state index contributed by atoms with van der Waals surface area (Å²) < 4.78 is 66.9. The van der Waals surface area contributed by atoms with Gasteiger partial charge in [-0.05, 0) is 55.8 Å². The highest BCUT2D eigenvalue weighted by Gasteiger charge is 2.43. The summed E-state index contributed by atoms with van der Waals surface area (Å²) in [5.74, 6) is 0.297. The molecule has 5 rings (SSSR count). The van der Waals surface area contributed by atoms with Crippen LogP contribution in [0.15, 0.2) is 87.0 Å². The lowest BCUT2D eigenvalue weighted by Crippen LogP contribution is -2.46. The molecule has 0 radical (unpaired) electrons. The fourth-order valence-electron chi connectivity index (χ4n) is 5.30. The van der Waals surface area contributed by atoms with Gasteiger partial charge in [-0.3, -0.25) is 4.90 Å². The molecule has 43 heavy (non-hydrogen) atoms. The van der Waals surface area contributed by atoms with Crippen LogP contribution in [0.2, 0.25) is 0 Å². The number of morpholine rings is 1. The summed E-state index contributed by atoms with van der Waals surface area (Å²) in [5, 5.41) is 0. The van der Waals surface area contributed by atoms with Crippen LogP contribution in [0.1, 0.15) is 22.9 Å². The van der Waals surface area contributed by atoms with Gasteiger partial charge in [-0.2, -0.15) is 12.7 Å². The number of amidine groups is 1. The molecule has 12 heteroatoms. The van der Waals surface area contributed by atoms with Gasteiger partial charge in [0.25, 0.3) is 10.0 Å². The number of sulfonamides is 2. The van der Waals surface area contributed by atoms with Gasteiger partial charge in [0, 0.05) is 46.0 Å². The molecule has 1 atom stereocenters. The Balaban J connectivity index is 1.62. The summed E-state index contributed by atoms with van der Waals surface area (Å²) in [6.07, 6.45) is -0.796. The number of rotatable bonds is 8. The van der Waals surface area contributed by atoms with Crippen molar-refractivity contribution in [2.45, 2.75) is 29.8 Å². The summed E-state index contributed by atoms with van der Waals surface area (Å²) in [7, 11) is -4.14. The van der Waals surface area contributed by atoms with E-state index in [0.29, 0.717) is 32.1 Å². The molecule has 0 aromatic heterocycles. The van der Waals surface area contributed by atoms with Gasteiger partial charge in [0.2, 0.25) is 10.0 Å². The van der Waals surface area contributed by atoms with Gasteiger partial charge in [-0.15, -0.1) is 4.40 Å². The summed E-state index contributed by atoms with van der Waals surface area (Å²) >= 11 is 0. The topological polar surface area (TPSA) is 103 Å². The van der Waals surface area contributed by atoms with E-state index in [-0.39, 0.29) is 29.4 Å². The lowest BCUT2D eigenvalue weighted by molar-refractivity contribution is 0.0438. The van der Waals surface area contributed by atoms with E-state index in [9.17, 15) is 16.8 Å². The zero-order valence-corrected chi connectivity index (χ0v) is 26.7. The summed E-state index contributed by atoms with van der Waals surface area (Å²) in [6.45, 7) is 6.77. The van der Waals surface area contributed by atoms with Crippen LogP contribution in [-0.2, 0) is 24.8 Å². The number of anilines is 1. The van der Waals surface area contributed by atoms with Crippen LogP contribution in [0.5, 0.6) is 0 Å². The fraction of sp³-hybridized carbons (Fsp3) is 0.387. The Morgan fingerprint density at radius 3 is 1.91 bits per heavy atom. The van der Waals surface area contributed by atoms with Crippen LogP contribution in [0, 0.1) is 13.8 Å². The molecule has 0 bridgehead atoms. The molecule has 2 aliphatic rings. The first-order chi connectivity index (χ1) is 20.5. The highest BCUT2D eigenvalue weighted by molar-refractivity contribution is 7.90. The quantitative estimate of drug-likeness (QED) is 0.277. The molecule has 3 aromatic rings. The molecular weight excluding hydrogens is 587 g/mol. The van der Waals surface area contributed by atoms with Crippen molar-refractivity contribution in [2.75, 3.05) is 64.9 Å². The van der Waals surface area contributed by atoms with Crippen LogP contribution >= 0.6 is 0 Å². The first-order valence-electron chi connectivity index (χ1n) is 14.3. The number of aryl methyl sites for hydroxylation is 2. The minimum atomic E-state index is -4.08. The second kappa shape index (κ2) is 12.7. The standard InChI is InChI=1S/C31H39N5O5S2/c1-24-5-13-28(14-6-24)42(37,38)32-30(23-34-19-21-41-22-20-34)35-17-18-36(43(39,40)29-15-7-25(2)8-16-29)31(35)26-9-11-27(12-10-26)33(3)4/h5-16,31H,17-23H2,1-4H3/t31-/m1/s1. The third kappa shape index (κ3) is 6.94. The molecule has 0 saturated carbocycles. The van der Waals surface area contributed by atoms with Crippen molar-refractivity contribution >= 4 is 31.6 Å². The van der Waals surface area contributed by atoms with Crippen molar-refractivity contribution in [1.82, 2.24) is 14.1 Å². The van der Waals surface area contributed by atoms with Crippen LogP contribution in [0.25, 0.3) is 0 Å². The Bertz CT molecular complexity index is 1650. The van der Waals surface area contributed by atoms with Crippen molar-refractivity contribution in [1.29, 1.82) is 0 Å². The highest BCUT2D eigenvalue weighted by Crippen LogP contribution is 2.36. The number of hydrogen-bond donors (Lipinski definition) is 0. The maximum Gasteiger partial charge on any atom is 0.283 e. The van der Waals surface area contributed by atoms with E-state index in [2.05, 4.69) is 9.30 Å².